The van der Waals surface area contributed by atoms with Gasteiger partial charge < -0.3 is 58.7 Å². The smallest absolute Gasteiger partial charge is 0.358 e. The first-order chi connectivity index (χ1) is 57.0. The van der Waals surface area contributed by atoms with Crippen LogP contribution in [-0.4, -0.2) is 103 Å². The van der Waals surface area contributed by atoms with Gasteiger partial charge in [-0.2, -0.15) is 0 Å². The first-order valence-electron chi connectivity index (χ1n) is 37.7. The molecule has 0 aliphatic heterocycles. The summed E-state index contributed by atoms with van der Waals surface area (Å²) in [5.74, 6) is -3.96. The third-order valence-electron chi connectivity index (χ3n) is 17.4. The number of rotatable bonds is 36. The maximum absolute atomic E-state index is 13.2. The van der Waals surface area contributed by atoms with Crippen molar-refractivity contribution in [3.8, 4) is 102 Å². The SMILES string of the molecule is Fc1c[c-]c(-c2ccccn2)c(F)c1.Fc1c[c-]c(-c2ccccn2)c(F)c1.Fc1c[c-]c(-c2ccccn2)c(F)c1.O=C(O)c1ncccc1OCCCCCCOc1ccc(-c2cc(-c3ccc(OCCCCCCOc4cccnc4C(=O)O)cc3)cc(-c3ccc(OCCCCCCOc4cccnc4C(=O)O)cc3)c2)cc1.[Pt].[Pt].[Pt]. The van der Waals surface area contributed by atoms with E-state index in [4.69, 9.17) is 28.4 Å². The average molecular weight is 2170 g/mol. The van der Waals surface area contributed by atoms with Gasteiger partial charge in [0.1, 0.15) is 17.2 Å². The predicted octanol–water partition coefficient (Wildman–Crippen LogP) is 21.5. The number of hydrogen-bond acceptors (Lipinski definition) is 15. The molecular formula is C93H81F6N6O12Pt3-3. The van der Waals surface area contributed by atoms with E-state index in [2.05, 4.69) is 103 Å². The molecule has 13 aromatic rings. The zero-order valence-electron chi connectivity index (χ0n) is 64.4. The summed E-state index contributed by atoms with van der Waals surface area (Å²) in [7, 11) is 0. The van der Waals surface area contributed by atoms with E-state index in [0.29, 0.717) is 56.7 Å². The molecule has 0 unspecified atom stereocenters. The van der Waals surface area contributed by atoms with Crippen molar-refractivity contribution in [2.75, 3.05) is 39.6 Å². The minimum atomic E-state index is -1.11. The van der Waals surface area contributed by atoms with Gasteiger partial charge in [-0.3, -0.25) is 26.3 Å². The van der Waals surface area contributed by atoms with Crippen LogP contribution in [-0.2, 0) is 63.2 Å². The molecule has 3 N–H and O–H groups in total. The molecule has 630 valence electrons. The third kappa shape index (κ3) is 30.9. The Morgan fingerprint density at radius 3 is 0.742 bits per heavy atom. The van der Waals surface area contributed by atoms with E-state index in [0.717, 1.165) is 164 Å². The van der Waals surface area contributed by atoms with Crippen molar-refractivity contribution in [3.63, 3.8) is 0 Å². The van der Waals surface area contributed by atoms with Gasteiger partial charge in [-0.1, -0.05) is 108 Å². The van der Waals surface area contributed by atoms with Crippen LogP contribution in [0.5, 0.6) is 34.5 Å². The zero-order chi connectivity index (χ0) is 82.4. The molecule has 0 amide bonds. The Hall–Kier alpha value is -11.7. The van der Waals surface area contributed by atoms with E-state index in [1.165, 1.54) is 18.6 Å². The summed E-state index contributed by atoms with van der Waals surface area (Å²) >= 11 is 0. The second-order valence-corrected chi connectivity index (χ2v) is 25.9. The first-order valence-corrected chi connectivity index (χ1v) is 37.7. The molecule has 27 heteroatoms. The normalized spacial score (nSPS) is 10.3. The van der Waals surface area contributed by atoms with Gasteiger partial charge in [-0.05, 0) is 237 Å². The van der Waals surface area contributed by atoms with Crippen molar-refractivity contribution in [2.45, 2.75) is 77.0 Å². The second-order valence-electron chi connectivity index (χ2n) is 25.9. The van der Waals surface area contributed by atoms with E-state index in [9.17, 15) is 56.0 Å². The quantitative estimate of drug-likeness (QED) is 0.0188. The number of carboxylic acid groups (broad SMARTS) is 3. The molecule has 0 fully saturated rings. The topological polar surface area (TPSA) is 245 Å². The molecule has 0 aliphatic rings. The van der Waals surface area contributed by atoms with Gasteiger partial charge in [0.25, 0.3) is 0 Å². The van der Waals surface area contributed by atoms with Crippen molar-refractivity contribution >= 4 is 17.9 Å². The molecule has 18 nitrogen and oxygen atoms in total. The summed E-state index contributed by atoms with van der Waals surface area (Å²) in [4.78, 5) is 57.7. The summed E-state index contributed by atoms with van der Waals surface area (Å²) in [5, 5.41) is 28.0. The summed E-state index contributed by atoms with van der Waals surface area (Å²) in [6, 6.07) is 69.5. The molecule has 0 aliphatic carbocycles. The fraction of sp³-hybridized carbons (Fsp3) is 0.194. The summed E-state index contributed by atoms with van der Waals surface area (Å²) in [5.41, 5.74) is 7.99. The van der Waals surface area contributed by atoms with Gasteiger partial charge in [0.15, 0.2) is 34.3 Å². The number of aromatic carboxylic acids is 3. The number of hydrogen-bond donors (Lipinski definition) is 3. The molecule has 0 bridgehead atoms. The van der Waals surface area contributed by atoms with Crippen molar-refractivity contribution in [2.24, 2.45) is 0 Å². The number of unbranched alkanes of at least 4 members (excludes halogenated alkanes) is 9. The van der Waals surface area contributed by atoms with Crippen LogP contribution < -0.4 is 28.4 Å². The standard InChI is InChI=1S/C60H63N3O12.3C11H6F2N.3Pt/c64-58(65)55-52(16-13-31-61-55)73-37-10-4-1-7-34-70-49-25-19-43(20-26-49)46-40-47(44-21-27-50(28-22-44)71-35-8-2-5-11-38-74-53-17-14-32-62-56(53)59(66)67)42-48(41-46)45-23-29-51(30-24-45)72-36-9-3-6-12-39-75-54-18-15-33-63-57(54)60(68)69;3*12-8-4-5-9(10(13)7-8)11-3-1-2-6-14-11;;;/h13-33,40-42H,1-12,34-39H2,(H,64,65)(H,66,67)(H,68,69);3*1-4,6-7H;;;/q;3*-1;;;. The third-order valence-corrected chi connectivity index (χ3v) is 17.4. The fourth-order valence-electron chi connectivity index (χ4n) is 11.6. The predicted molar refractivity (Wildman–Crippen MR) is 430 cm³/mol. The Balaban J connectivity index is 0.000000350. The Morgan fingerprint density at radius 2 is 0.517 bits per heavy atom. The number of halogens is 6. The molecule has 0 spiro atoms. The molecule has 120 heavy (non-hydrogen) atoms. The van der Waals surface area contributed by atoms with Gasteiger partial charge in [0.2, 0.25) is 0 Å². The monoisotopic (exact) mass is 2170 g/mol. The average Bonchev–Trinajstić information content (AvgIpc) is 0.793. The maximum atomic E-state index is 13.2. The van der Waals surface area contributed by atoms with Crippen LogP contribution in [0.1, 0.15) is 109 Å². The molecular weight excluding hydrogens is 2090 g/mol. The molecule has 6 heterocycles. The van der Waals surface area contributed by atoms with Crippen molar-refractivity contribution < 1.29 is 148 Å². The Kier molecular flexibility index (Phi) is 41.0. The van der Waals surface area contributed by atoms with Crippen LogP contribution in [0.3, 0.4) is 0 Å². The molecule has 6 aromatic heterocycles. The Morgan fingerprint density at radius 1 is 0.275 bits per heavy atom. The van der Waals surface area contributed by atoms with E-state index >= 15 is 0 Å². The number of benzene rings is 7. The molecule has 0 atom stereocenters. The molecule has 13 rings (SSSR count). The van der Waals surface area contributed by atoms with Crippen molar-refractivity contribution in [3.05, 3.63) is 326 Å². The second kappa shape index (κ2) is 51.6. The van der Waals surface area contributed by atoms with Gasteiger partial charge in [-0.15, -0.1) is 36.4 Å². The van der Waals surface area contributed by atoms with E-state index in [1.807, 2.05) is 36.4 Å². The van der Waals surface area contributed by atoms with E-state index in [-0.39, 0.29) is 114 Å². The fourth-order valence-corrected chi connectivity index (χ4v) is 11.6. The van der Waals surface area contributed by atoms with Crippen molar-refractivity contribution in [1.82, 2.24) is 29.9 Å². The van der Waals surface area contributed by atoms with Gasteiger partial charge in [-0.25, -0.2) is 29.3 Å². The van der Waals surface area contributed by atoms with Crippen LogP contribution in [0.2, 0.25) is 0 Å². The number of pyridine rings is 6. The largest absolute Gasteiger partial charge is 0.494 e. The summed E-state index contributed by atoms with van der Waals surface area (Å²) in [6.07, 6.45) is 19.6. The number of carbonyl (C=O) groups is 3. The summed E-state index contributed by atoms with van der Waals surface area (Å²) < 4.78 is 113. The van der Waals surface area contributed by atoms with E-state index < -0.39 is 52.8 Å². The van der Waals surface area contributed by atoms with Crippen LogP contribution in [0.15, 0.2) is 256 Å². The van der Waals surface area contributed by atoms with Gasteiger partial charge in [0.05, 0.1) is 39.6 Å². The van der Waals surface area contributed by atoms with Crippen molar-refractivity contribution in [1.29, 1.82) is 0 Å². The van der Waals surface area contributed by atoms with Crippen LogP contribution >= 0.6 is 0 Å². The molecule has 7 aromatic carbocycles. The number of nitrogens with zero attached hydrogens (tertiary/aromatic N) is 6. The first kappa shape index (κ1) is 95.4. The summed E-state index contributed by atoms with van der Waals surface area (Å²) in [6.45, 7) is 2.99. The zero-order valence-corrected chi connectivity index (χ0v) is 71.2. The minimum absolute atomic E-state index is 0. The van der Waals surface area contributed by atoms with Gasteiger partial charge in [0, 0.05) is 135 Å². The number of ether oxygens (including phenoxy) is 6. The van der Waals surface area contributed by atoms with Gasteiger partial charge >= 0.3 is 17.9 Å². The molecule has 0 radical (unpaired) electrons. The molecule has 0 saturated carbocycles. The van der Waals surface area contributed by atoms with Crippen LogP contribution in [0, 0.1) is 53.1 Å². The molecule has 0 saturated heterocycles. The number of carboxylic acids is 3. The minimum Gasteiger partial charge on any atom is -0.494 e. The Labute approximate surface area is 734 Å². The van der Waals surface area contributed by atoms with E-state index in [1.54, 1.807) is 110 Å². The van der Waals surface area contributed by atoms with Crippen LogP contribution in [0.4, 0.5) is 26.3 Å². The maximum Gasteiger partial charge on any atom is 0.358 e. The Bertz CT molecular complexity index is 4770. The number of aromatic nitrogens is 6. The van der Waals surface area contributed by atoms with Crippen LogP contribution in [0.25, 0.3) is 67.2 Å².